The molecule has 4 rings (SSSR count). The molecule has 2 aromatic heterocycles. The summed E-state index contributed by atoms with van der Waals surface area (Å²) in [6.07, 6.45) is 5.60. The van der Waals surface area contributed by atoms with Gasteiger partial charge in [-0.2, -0.15) is 0 Å². The van der Waals surface area contributed by atoms with E-state index in [4.69, 9.17) is 9.47 Å². The minimum Gasteiger partial charge on any atom is -0.496 e. The Morgan fingerprint density at radius 3 is 2.53 bits per heavy atom. The van der Waals surface area contributed by atoms with Crippen molar-refractivity contribution in [3.63, 3.8) is 0 Å². The first kappa shape index (κ1) is 27.5. The molecule has 0 saturated carbocycles. The molecule has 3 atom stereocenters. The number of hydrogen-bond donors (Lipinski definition) is 1. The van der Waals surface area contributed by atoms with E-state index in [1.54, 1.807) is 48.9 Å². The molecule has 1 N–H and O–H groups in total. The van der Waals surface area contributed by atoms with Crippen molar-refractivity contribution in [2.75, 3.05) is 7.11 Å². The van der Waals surface area contributed by atoms with Crippen LogP contribution in [0.2, 0.25) is 0 Å². The highest BCUT2D eigenvalue weighted by atomic mass is 32.1. The largest absolute Gasteiger partial charge is 0.507 e. The summed E-state index contributed by atoms with van der Waals surface area (Å²) in [5.74, 6) is -0.127. The van der Waals surface area contributed by atoms with Crippen LogP contribution < -0.4 is 4.74 Å². The van der Waals surface area contributed by atoms with Gasteiger partial charge in [0.1, 0.15) is 10.8 Å². The van der Waals surface area contributed by atoms with Gasteiger partial charge in [0.2, 0.25) is 0 Å². The molecule has 0 radical (unpaired) electrons. The van der Waals surface area contributed by atoms with Gasteiger partial charge < -0.3 is 14.6 Å². The SMILES string of the molecule is COc1cc(C(=O)N2[C@@H](c3nccs3)[C@@H](c3cnccn3)C[C@]2(CC(C)C)OC(=O)O)ccc1C(C)(C)C. The Morgan fingerprint density at radius 2 is 1.97 bits per heavy atom. The molecule has 1 aromatic carbocycles. The van der Waals surface area contributed by atoms with Crippen molar-refractivity contribution < 1.29 is 24.2 Å². The third-order valence-corrected chi connectivity index (χ3v) is 7.63. The van der Waals surface area contributed by atoms with E-state index < -0.39 is 17.9 Å². The van der Waals surface area contributed by atoms with Gasteiger partial charge in [0.05, 0.1) is 18.8 Å². The van der Waals surface area contributed by atoms with Crippen LogP contribution in [0.5, 0.6) is 5.75 Å². The maximum absolute atomic E-state index is 14.5. The molecule has 3 aromatic rings. The van der Waals surface area contributed by atoms with Crippen LogP contribution in [0, 0.1) is 5.92 Å². The molecule has 3 heterocycles. The lowest BCUT2D eigenvalue weighted by Gasteiger charge is -2.40. The highest BCUT2D eigenvalue weighted by Gasteiger charge is 2.59. The molecule has 10 heteroatoms. The Kier molecular flexibility index (Phi) is 7.73. The van der Waals surface area contributed by atoms with E-state index in [-0.39, 0.29) is 29.6 Å². The van der Waals surface area contributed by atoms with Crippen molar-refractivity contribution in [1.29, 1.82) is 0 Å². The molecule has 1 aliphatic heterocycles. The molecule has 38 heavy (non-hydrogen) atoms. The smallest absolute Gasteiger partial charge is 0.496 e. The van der Waals surface area contributed by atoms with Crippen LogP contribution in [0.15, 0.2) is 48.4 Å². The summed E-state index contributed by atoms with van der Waals surface area (Å²) in [5, 5.41) is 12.4. The monoisotopic (exact) mass is 538 g/mol. The lowest BCUT2D eigenvalue weighted by atomic mass is 9.85. The van der Waals surface area contributed by atoms with Crippen LogP contribution in [0.1, 0.15) is 86.0 Å². The zero-order chi connectivity index (χ0) is 27.7. The lowest BCUT2D eigenvalue weighted by molar-refractivity contribution is -0.108. The van der Waals surface area contributed by atoms with Crippen molar-refractivity contribution in [2.45, 2.75) is 70.6 Å². The average Bonchev–Trinajstić information content (AvgIpc) is 3.48. The summed E-state index contributed by atoms with van der Waals surface area (Å²) in [5.41, 5.74) is 0.340. The summed E-state index contributed by atoms with van der Waals surface area (Å²) < 4.78 is 11.4. The van der Waals surface area contributed by atoms with E-state index in [1.807, 2.05) is 25.3 Å². The van der Waals surface area contributed by atoms with Gasteiger partial charge in [-0.3, -0.25) is 19.7 Å². The van der Waals surface area contributed by atoms with Crippen LogP contribution in [0.4, 0.5) is 4.79 Å². The molecular weight excluding hydrogens is 504 g/mol. The molecule has 1 amide bonds. The van der Waals surface area contributed by atoms with Gasteiger partial charge in [-0.05, 0) is 29.0 Å². The number of carbonyl (C=O) groups is 2. The molecule has 0 bridgehead atoms. The van der Waals surface area contributed by atoms with Crippen molar-refractivity contribution in [2.24, 2.45) is 5.92 Å². The Labute approximate surface area is 226 Å². The average molecular weight is 539 g/mol. The van der Waals surface area contributed by atoms with Gasteiger partial charge in [-0.1, -0.05) is 40.7 Å². The summed E-state index contributed by atoms with van der Waals surface area (Å²) in [4.78, 5) is 41.5. The summed E-state index contributed by atoms with van der Waals surface area (Å²) >= 11 is 1.41. The number of hydrogen-bond acceptors (Lipinski definition) is 8. The van der Waals surface area contributed by atoms with Crippen molar-refractivity contribution >= 4 is 23.4 Å². The predicted molar refractivity (Wildman–Crippen MR) is 143 cm³/mol. The minimum atomic E-state index is -1.44. The normalized spacial score (nSPS) is 21.5. The molecular formula is C28H34N4O5S. The molecule has 1 fully saturated rings. The van der Waals surface area contributed by atoms with Crippen molar-refractivity contribution in [3.8, 4) is 5.75 Å². The second-order valence-corrected chi connectivity index (χ2v) is 11.9. The molecule has 0 unspecified atom stereocenters. The maximum atomic E-state index is 14.5. The molecule has 9 nitrogen and oxygen atoms in total. The Hall–Kier alpha value is -3.53. The second-order valence-electron chi connectivity index (χ2n) is 11.0. The first-order valence-corrected chi connectivity index (χ1v) is 13.4. The number of ether oxygens (including phenoxy) is 2. The van der Waals surface area contributed by atoms with Gasteiger partial charge in [0, 0.05) is 54.5 Å². The Balaban J connectivity index is 1.93. The number of rotatable bonds is 7. The third-order valence-electron chi connectivity index (χ3n) is 6.78. The maximum Gasteiger partial charge on any atom is 0.507 e. The van der Waals surface area contributed by atoms with Crippen LogP contribution in [-0.4, -0.2) is 49.9 Å². The van der Waals surface area contributed by atoms with Crippen LogP contribution in [0.3, 0.4) is 0 Å². The number of likely N-dealkylation sites (tertiary alicyclic amines) is 1. The summed E-state index contributed by atoms with van der Waals surface area (Å²) in [7, 11) is 1.58. The molecule has 202 valence electrons. The zero-order valence-corrected chi connectivity index (χ0v) is 23.4. The first-order chi connectivity index (χ1) is 18.0. The number of amides is 1. The van der Waals surface area contributed by atoms with Gasteiger partial charge >= 0.3 is 6.16 Å². The van der Waals surface area contributed by atoms with E-state index in [9.17, 15) is 14.7 Å². The predicted octanol–water partition coefficient (Wildman–Crippen LogP) is 6.05. The Bertz CT molecular complexity index is 1280. The molecule has 1 saturated heterocycles. The minimum absolute atomic E-state index is 0.0278. The third kappa shape index (κ3) is 5.36. The van der Waals surface area contributed by atoms with Crippen LogP contribution >= 0.6 is 11.3 Å². The number of carbonyl (C=O) groups excluding carboxylic acids is 1. The molecule has 1 aliphatic rings. The first-order valence-electron chi connectivity index (χ1n) is 12.6. The van der Waals surface area contributed by atoms with Gasteiger partial charge in [-0.15, -0.1) is 11.3 Å². The van der Waals surface area contributed by atoms with E-state index in [1.165, 1.54) is 11.3 Å². The number of methoxy groups -OCH3 is 1. The fourth-order valence-electron chi connectivity index (χ4n) is 5.43. The standard InChI is InChI=1S/C28H34N4O5S/c1-17(2)14-28(37-26(34)35)15-19(21-16-29-9-10-30-21)23(24-31-11-12-38-24)32(28)25(33)18-7-8-20(27(3,4)5)22(13-18)36-6/h7-13,16-17,19,23H,14-15H2,1-6H3,(H,34,35)/t19-,23-,28+/m1/s1. The van der Waals surface area contributed by atoms with Crippen molar-refractivity contribution in [3.05, 3.63) is 70.2 Å². The lowest BCUT2D eigenvalue weighted by Crippen LogP contribution is -2.52. The van der Waals surface area contributed by atoms with E-state index in [2.05, 4.69) is 35.7 Å². The van der Waals surface area contributed by atoms with E-state index in [0.29, 0.717) is 28.4 Å². The van der Waals surface area contributed by atoms with Crippen molar-refractivity contribution in [1.82, 2.24) is 19.9 Å². The topological polar surface area (TPSA) is 115 Å². The Morgan fingerprint density at radius 1 is 1.21 bits per heavy atom. The number of nitrogens with zero attached hydrogens (tertiary/aromatic N) is 4. The number of carboxylic acid groups (broad SMARTS) is 1. The van der Waals surface area contributed by atoms with E-state index in [0.717, 1.165) is 5.56 Å². The number of aromatic nitrogens is 3. The van der Waals surface area contributed by atoms with Gasteiger partial charge in [0.15, 0.2) is 5.72 Å². The fourth-order valence-corrected chi connectivity index (χ4v) is 6.22. The highest BCUT2D eigenvalue weighted by molar-refractivity contribution is 7.09. The molecule has 0 spiro atoms. The number of thiazole rings is 1. The second kappa shape index (κ2) is 10.7. The highest BCUT2D eigenvalue weighted by Crippen LogP contribution is 2.55. The van der Waals surface area contributed by atoms with E-state index >= 15 is 0 Å². The van der Waals surface area contributed by atoms with Gasteiger partial charge in [0.25, 0.3) is 5.91 Å². The molecule has 0 aliphatic carbocycles. The van der Waals surface area contributed by atoms with Crippen LogP contribution in [0.25, 0.3) is 0 Å². The quantitative estimate of drug-likeness (QED) is 0.362. The zero-order valence-electron chi connectivity index (χ0n) is 22.5. The summed E-state index contributed by atoms with van der Waals surface area (Å²) in [6.45, 7) is 10.2. The number of benzene rings is 1. The summed E-state index contributed by atoms with van der Waals surface area (Å²) in [6, 6.07) is 4.77. The fraction of sp³-hybridized carbons (Fsp3) is 0.464. The van der Waals surface area contributed by atoms with Gasteiger partial charge in [-0.25, -0.2) is 9.78 Å². The van der Waals surface area contributed by atoms with Crippen LogP contribution in [-0.2, 0) is 10.2 Å².